The summed E-state index contributed by atoms with van der Waals surface area (Å²) in [6.45, 7) is 9.83. The van der Waals surface area contributed by atoms with Crippen LogP contribution in [0.15, 0.2) is 59.3 Å². The van der Waals surface area contributed by atoms with Gasteiger partial charge in [-0.1, -0.05) is 19.4 Å². The maximum Gasteiger partial charge on any atom is 0.270 e. The molecule has 212 valence electrons. The first-order chi connectivity index (χ1) is 18.9. The lowest BCUT2D eigenvalue weighted by Crippen LogP contribution is -2.47. The average molecular weight is 539 g/mol. The summed E-state index contributed by atoms with van der Waals surface area (Å²) in [6.07, 6.45) is 9.45. The smallest absolute Gasteiger partial charge is 0.270 e. The molecule has 0 radical (unpaired) electrons. The Balaban J connectivity index is 1.38. The van der Waals surface area contributed by atoms with E-state index in [9.17, 15) is 4.79 Å². The minimum Gasteiger partial charge on any atom is -0.404 e. The Kier molecular flexibility index (Phi) is 9.96. The standard InChI is InChI=1S/C28H42N8O3/c1-21(32-27-22(19-29)18-25(28(38)33(2)3)36(27)23-6-4-5-7-23)31-26-9-8-24(20-30-26)35-12-10-34(11-13-35)14-16-39-17-15-37/h8-9,18-20,23,37H,1,4-7,10-17,29H2,2-3H3,(H,30,31)/b22-19-,32-27+. The van der Waals surface area contributed by atoms with Gasteiger partial charge in [-0.2, -0.15) is 0 Å². The van der Waals surface area contributed by atoms with Crippen molar-refractivity contribution in [1.29, 1.82) is 0 Å². The maximum atomic E-state index is 13.0. The molecule has 11 heteroatoms. The molecular formula is C28H42N8O3. The van der Waals surface area contributed by atoms with Crippen LogP contribution in [0.5, 0.6) is 0 Å². The minimum absolute atomic E-state index is 0.0626. The van der Waals surface area contributed by atoms with Gasteiger partial charge < -0.3 is 35.6 Å². The summed E-state index contributed by atoms with van der Waals surface area (Å²) in [5.74, 6) is 1.65. The number of anilines is 2. The number of aliphatic hydroxyl groups excluding tert-OH is 1. The van der Waals surface area contributed by atoms with Crippen LogP contribution in [0.2, 0.25) is 0 Å². The molecule has 0 aromatic carbocycles. The fourth-order valence-corrected chi connectivity index (χ4v) is 5.24. The second kappa shape index (κ2) is 13.6. The molecule has 39 heavy (non-hydrogen) atoms. The zero-order valence-electron chi connectivity index (χ0n) is 23.2. The fourth-order valence-electron chi connectivity index (χ4n) is 5.24. The predicted octanol–water partition coefficient (Wildman–Crippen LogP) is 1.57. The zero-order valence-corrected chi connectivity index (χ0v) is 23.2. The summed E-state index contributed by atoms with van der Waals surface area (Å²) >= 11 is 0. The number of nitrogens with one attached hydrogen (secondary N) is 1. The number of nitrogens with two attached hydrogens (primary N) is 1. The molecule has 4 N–H and O–H groups in total. The lowest BCUT2D eigenvalue weighted by molar-refractivity contribution is -0.126. The molecule has 1 saturated heterocycles. The number of aromatic nitrogens is 1. The molecule has 0 atom stereocenters. The van der Waals surface area contributed by atoms with Crippen molar-refractivity contribution >= 4 is 23.2 Å². The Morgan fingerprint density at radius 2 is 2.00 bits per heavy atom. The molecule has 1 aromatic heterocycles. The fraction of sp³-hybridized carbons (Fsp3) is 0.536. The van der Waals surface area contributed by atoms with Crippen LogP contribution in [-0.2, 0) is 9.53 Å². The molecular weight excluding hydrogens is 496 g/mol. The number of amidine groups is 1. The van der Waals surface area contributed by atoms with E-state index in [2.05, 4.69) is 32.7 Å². The van der Waals surface area contributed by atoms with Gasteiger partial charge in [-0.25, -0.2) is 9.98 Å². The highest BCUT2D eigenvalue weighted by atomic mass is 16.5. The number of hydrogen-bond acceptors (Lipinski definition) is 9. The SMILES string of the molecule is C=C(/N=C1\C(=C/N)C=C(C(=O)N(C)C)N1C1CCCC1)Nc1ccc(N2CCN(CCOCCO)CC2)cn1. The third kappa shape index (κ3) is 7.17. The van der Waals surface area contributed by atoms with Crippen molar-refractivity contribution in [2.75, 3.05) is 76.9 Å². The van der Waals surface area contributed by atoms with Gasteiger partial charge in [0.15, 0.2) is 0 Å². The van der Waals surface area contributed by atoms with Crippen molar-refractivity contribution in [2.24, 2.45) is 10.7 Å². The lowest BCUT2D eigenvalue weighted by Gasteiger charge is -2.35. The normalized spacial score (nSPS) is 20.6. The van der Waals surface area contributed by atoms with Gasteiger partial charge in [-0.05, 0) is 31.1 Å². The predicted molar refractivity (Wildman–Crippen MR) is 154 cm³/mol. The summed E-state index contributed by atoms with van der Waals surface area (Å²) in [5.41, 5.74) is 8.33. The topological polar surface area (TPSA) is 123 Å². The van der Waals surface area contributed by atoms with E-state index >= 15 is 0 Å². The highest BCUT2D eigenvalue weighted by Gasteiger charge is 2.37. The number of carbonyl (C=O) groups excluding carboxylic acids is 1. The molecule has 2 aliphatic heterocycles. The van der Waals surface area contributed by atoms with Gasteiger partial charge in [0.25, 0.3) is 5.91 Å². The number of likely N-dealkylation sites (N-methyl/N-ethyl adjacent to an activating group) is 1. The number of ether oxygens (including phenoxy) is 1. The number of amides is 1. The van der Waals surface area contributed by atoms with Crippen molar-refractivity contribution in [3.05, 3.63) is 54.3 Å². The second-order valence-electron chi connectivity index (χ2n) is 10.2. The Hall–Kier alpha value is -3.41. The average Bonchev–Trinajstić information content (AvgIpc) is 3.59. The molecule has 1 amide bonds. The monoisotopic (exact) mass is 538 g/mol. The second-order valence-corrected chi connectivity index (χ2v) is 10.2. The van der Waals surface area contributed by atoms with E-state index in [0.717, 1.165) is 64.1 Å². The first-order valence-corrected chi connectivity index (χ1v) is 13.7. The quantitative estimate of drug-likeness (QED) is 0.360. The Labute approximate surface area is 231 Å². The summed E-state index contributed by atoms with van der Waals surface area (Å²) in [5, 5.41) is 12.0. The van der Waals surface area contributed by atoms with E-state index in [1.807, 2.05) is 23.2 Å². The molecule has 11 nitrogen and oxygen atoms in total. The number of aliphatic imine (C=N–C) groups is 1. The van der Waals surface area contributed by atoms with Crippen LogP contribution in [0.3, 0.4) is 0 Å². The highest BCUT2D eigenvalue weighted by molar-refractivity contribution is 6.12. The van der Waals surface area contributed by atoms with Crippen molar-refractivity contribution < 1.29 is 14.6 Å². The van der Waals surface area contributed by atoms with E-state index in [-0.39, 0.29) is 18.6 Å². The summed E-state index contributed by atoms with van der Waals surface area (Å²) in [4.78, 5) is 30.7. The first kappa shape index (κ1) is 28.6. The van der Waals surface area contributed by atoms with Gasteiger partial charge in [0.2, 0.25) is 0 Å². The van der Waals surface area contributed by atoms with Crippen LogP contribution in [0.1, 0.15) is 25.7 Å². The summed E-state index contributed by atoms with van der Waals surface area (Å²) in [7, 11) is 3.51. The molecule has 0 unspecified atom stereocenters. The lowest BCUT2D eigenvalue weighted by atomic mass is 10.2. The molecule has 3 heterocycles. The van der Waals surface area contributed by atoms with Crippen LogP contribution in [0.4, 0.5) is 11.5 Å². The van der Waals surface area contributed by atoms with Gasteiger partial charge in [-0.15, -0.1) is 0 Å². The van der Waals surface area contributed by atoms with Crippen LogP contribution >= 0.6 is 0 Å². The van der Waals surface area contributed by atoms with Crippen molar-refractivity contribution in [3.8, 4) is 0 Å². The number of hydrogen-bond donors (Lipinski definition) is 3. The van der Waals surface area contributed by atoms with E-state index in [4.69, 9.17) is 20.6 Å². The van der Waals surface area contributed by atoms with E-state index in [0.29, 0.717) is 42.0 Å². The molecule has 1 aliphatic carbocycles. The number of rotatable bonds is 11. The van der Waals surface area contributed by atoms with Gasteiger partial charge >= 0.3 is 0 Å². The molecule has 0 bridgehead atoms. The number of aliphatic hydroxyl groups is 1. The number of carbonyl (C=O) groups is 1. The van der Waals surface area contributed by atoms with Gasteiger partial charge in [-0.3, -0.25) is 9.69 Å². The number of nitrogens with zero attached hydrogens (tertiary/aromatic N) is 6. The number of pyridine rings is 1. The zero-order chi connectivity index (χ0) is 27.8. The Morgan fingerprint density at radius 3 is 2.62 bits per heavy atom. The van der Waals surface area contributed by atoms with Crippen LogP contribution < -0.4 is 16.0 Å². The molecule has 3 aliphatic rings. The van der Waals surface area contributed by atoms with E-state index in [1.165, 1.54) is 6.20 Å². The third-order valence-electron chi connectivity index (χ3n) is 7.32. The number of piperazine rings is 1. The molecule has 1 aromatic rings. The molecule has 1 saturated carbocycles. The minimum atomic E-state index is -0.0712. The largest absolute Gasteiger partial charge is 0.404 e. The maximum absolute atomic E-state index is 13.0. The molecule has 4 rings (SSSR count). The molecule has 2 fully saturated rings. The van der Waals surface area contributed by atoms with E-state index < -0.39 is 0 Å². The van der Waals surface area contributed by atoms with Crippen LogP contribution in [0, 0.1) is 0 Å². The Morgan fingerprint density at radius 1 is 1.26 bits per heavy atom. The van der Waals surface area contributed by atoms with Crippen LogP contribution in [-0.4, -0.2) is 109 Å². The van der Waals surface area contributed by atoms with Crippen molar-refractivity contribution in [3.63, 3.8) is 0 Å². The van der Waals surface area contributed by atoms with Gasteiger partial charge in [0.05, 0.1) is 31.7 Å². The van der Waals surface area contributed by atoms with Gasteiger partial charge in [0, 0.05) is 64.6 Å². The summed E-state index contributed by atoms with van der Waals surface area (Å²) < 4.78 is 5.38. The summed E-state index contributed by atoms with van der Waals surface area (Å²) in [6, 6.07) is 4.18. The van der Waals surface area contributed by atoms with Crippen molar-refractivity contribution in [1.82, 2.24) is 19.7 Å². The third-order valence-corrected chi connectivity index (χ3v) is 7.32. The Bertz CT molecular complexity index is 1080. The van der Waals surface area contributed by atoms with Crippen LogP contribution in [0.25, 0.3) is 0 Å². The van der Waals surface area contributed by atoms with E-state index in [1.54, 1.807) is 19.0 Å². The first-order valence-electron chi connectivity index (χ1n) is 13.7. The van der Waals surface area contributed by atoms with Gasteiger partial charge in [0.1, 0.15) is 23.2 Å². The molecule has 0 spiro atoms. The highest BCUT2D eigenvalue weighted by Crippen LogP contribution is 2.34. The van der Waals surface area contributed by atoms with Crippen molar-refractivity contribution in [2.45, 2.75) is 31.7 Å².